The van der Waals surface area contributed by atoms with Crippen LogP contribution in [-0.4, -0.2) is 28.4 Å². The first-order valence-electron chi connectivity index (χ1n) is 15.3. The van der Waals surface area contributed by atoms with E-state index in [1.54, 1.807) is 6.08 Å². The second-order valence-corrected chi connectivity index (χ2v) is 11.9. The van der Waals surface area contributed by atoms with Crippen molar-refractivity contribution in [2.24, 2.45) is 11.8 Å². The van der Waals surface area contributed by atoms with Gasteiger partial charge < -0.3 is 9.30 Å². The smallest absolute Gasteiger partial charge is 0.308 e. The number of halogens is 1. The molecule has 1 aliphatic rings. The van der Waals surface area contributed by atoms with Gasteiger partial charge in [-0.15, -0.1) is 0 Å². The number of hydrogen-bond donors (Lipinski definition) is 0. The fraction of sp³-hybridized carbons (Fsp3) is 0.205. The van der Waals surface area contributed by atoms with Gasteiger partial charge in [0, 0.05) is 28.3 Å². The first-order valence-corrected chi connectivity index (χ1v) is 15.7. The molecule has 0 unspecified atom stereocenters. The highest BCUT2D eigenvalue weighted by molar-refractivity contribution is 6.32. The maximum absolute atomic E-state index is 13.2. The lowest BCUT2D eigenvalue weighted by Crippen LogP contribution is -2.36. The number of carbonyl (C=O) groups excluding carboxylic acids is 2. The summed E-state index contributed by atoms with van der Waals surface area (Å²) in [7, 11) is 1.41. The summed E-state index contributed by atoms with van der Waals surface area (Å²) in [5.74, 6) is -0.378. The normalized spacial score (nSPS) is 16.8. The molecule has 226 valence electrons. The predicted octanol–water partition coefficient (Wildman–Crippen LogP) is 8.61. The SMILES string of the molecule is COC(=O)C1CCC(C(=O)/C=C/c2c(Cl)cccc2-c2cn(C(c3ccccc3)(c3ccccc3)c3ccccc3)cn2)CC1. The number of benzene rings is 4. The number of allylic oxidation sites excluding steroid dienone is 1. The van der Waals surface area contributed by atoms with Gasteiger partial charge in [0.15, 0.2) is 5.78 Å². The van der Waals surface area contributed by atoms with E-state index in [1.807, 2.05) is 48.8 Å². The molecule has 0 saturated heterocycles. The zero-order valence-electron chi connectivity index (χ0n) is 25.2. The van der Waals surface area contributed by atoms with Gasteiger partial charge in [0.25, 0.3) is 0 Å². The second-order valence-electron chi connectivity index (χ2n) is 11.5. The molecule has 0 spiro atoms. The van der Waals surface area contributed by atoms with Crippen LogP contribution in [0, 0.1) is 11.8 Å². The summed E-state index contributed by atoms with van der Waals surface area (Å²) in [5.41, 5.74) is 4.94. The summed E-state index contributed by atoms with van der Waals surface area (Å²) in [6.45, 7) is 0. The molecule has 5 nitrogen and oxygen atoms in total. The number of aromatic nitrogens is 2. The molecule has 0 radical (unpaired) electrons. The van der Waals surface area contributed by atoms with Crippen molar-refractivity contribution >= 4 is 29.4 Å². The highest BCUT2D eigenvalue weighted by atomic mass is 35.5. The van der Waals surface area contributed by atoms with Gasteiger partial charge in [-0.05, 0) is 60.6 Å². The molecule has 0 amide bonds. The summed E-state index contributed by atoms with van der Waals surface area (Å²) < 4.78 is 7.07. The van der Waals surface area contributed by atoms with Gasteiger partial charge >= 0.3 is 5.97 Å². The van der Waals surface area contributed by atoms with Gasteiger partial charge in [-0.2, -0.15) is 0 Å². The van der Waals surface area contributed by atoms with Crippen LogP contribution in [0.4, 0.5) is 0 Å². The second kappa shape index (κ2) is 13.5. The van der Waals surface area contributed by atoms with Gasteiger partial charge in [0.1, 0.15) is 5.54 Å². The Balaban J connectivity index is 1.39. The van der Waals surface area contributed by atoms with Crippen molar-refractivity contribution in [3.8, 4) is 11.3 Å². The molecule has 5 aromatic rings. The summed E-state index contributed by atoms with van der Waals surface area (Å²) >= 11 is 6.75. The maximum Gasteiger partial charge on any atom is 0.308 e. The topological polar surface area (TPSA) is 61.2 Å². The Hall–Kier alpha value is -4.74. The number of rotatable bonds is 9. The number of esters is 1. The molecule has 4 aromatic carbocycles. The van der Waals surface area contributed by atoms with E-state index in [9.17, 15) is 9.59 Å². The van der Waals surface area contributed by atoms with E-state index >= 15 is 0 Å². The average Bonchev–Trinajstić information content (AvgIpc) is 3.59. The summed E-state index contributed by atoms with van der Waals surface area (Å²) in [6.07, 6.45) is 10.0. The van der Waals surface area contributed by atoms with Crippen molar-refractivity contribution in [2.75, 3.05) is 7.11 Å². The molecule has 0 bridgehead atoms. The Labute approximate surface area is 269 Å². The van der Waals surface area contributed by atoms with Crippen molar-refractivity contribution in [3.05, 3.63) is 155 Å². The molecule has 45 heavy (non-hydrogen) atoms. The van der Waals surface area contributed by atoms with Crippen LogP contribution in [0.3, 0.4) is 0 Å². The van der Waals surface area contributed by atoms with Crippen molar-refractivity contribution < 1.29 is 14.3 Å². The van der Waals surface area contributed by atoms with Gasteiger partial charge in [-0.3, -0.25) is 9.59 Å². The third-order valence-electron chi connectivity index (χ3n) is 8.95. The number of ketones is 1. The van der Waals surface area contributed by atoms with E-state index < -0.39 is 5.54 Å². The summed E-state index contributed by atoms with van der Waals surface area (Å²) in [5, 5.41) is 0.543. The molecular formula is C39H35ClN2O3. The Morgan fingerprint density at radius 1 is 0.778 bits per heavy atom. The van der Waals surface area contributed by atoms with E-state index in [4.69, 9.17) is 21.3 Å². The summed E-state index contributed by atoms with van der Waals surface area (Å²) in [4.78, 5) is 30.1. The lowest BCUT2D eigenvalue weighted by molar-refractivity contribution is -0.147. The number of ether oxygens (including phenoxy) is 1. The fourth-order valence-electron chi connectivity index (χ4n) is 6.64. The summed E-state index contributed by atoms with van der Waals surface area (Å²) in [6, 6.07) is 37.1. The van der Waals surface area contributed by atoms with Crippen molar-refractivity contribution in [1.82, 2.24) is 9.55 Å². The number of methoxy groups -OCH3 is 1. The largest absolute Gasteiger partial charge is 0.469 e. The van der Waals surface area contributed by atoms with Crippen molar-refractivity contribution in [2.45, 2.75) is 31.2 Å². The molecule has 1 fully saturated rings. The molecule has 1 saturated carbocycles. The minimum atomic E-state index is -0.692. The Kier molecular flexibility index (Phi) is 9.08. The zero-order valence-corrected chi connectivity index (χ0v) is 25.9. The monoisotopic (exact) mass is 614 g/mol. The molecular weight excluding hydrogens is 580 g/mol. The van der Waals surface area contributed by atoms with Crippen LogP contribution in [0.1, 0.15) is 47.9 Å². The lowest BCUT2D eigenvalue weighted by atomic mass is 9.77. The molecule has 1 aliphatic carbocycles. The number of nitrogens with zero attached hydrogens (tertiary/aromatic N) is 2. The van der Waals surface area contributed by atoms with Crippen LogP contribution < -0.4 is 0 Å². The van der Waals surface area contributed by atoms with Crippen LogP contribution in [0.2, 0.25) is 5.02 Å². The Bertz CT molecular complexity index is 1690. The fourth-order valence-corrected chi connectivity index (χ4v) is 6.88. The van der Waals surface area contributed by atoms with E-state index in [2.05, 4.69) is 83.6 Å². The quantitative estimate of drug-likeness (QED) is 0.0947. The molecule has 0 atom stereocenters. The van der Waals surface area contributed by atoms with Crippen molar-refractivity contribution in [1.29, 1.82) is 0 Å². The first-order chi connectivity index (χ1) is 22.0. The van der Waals surface area contributed by atoms with E-state index in [0.717, 1.165) is 33.5 Å². The van der Waals surface area contributed by atoms with Crippen LogP contribution in [0.25, 0.3) is 17.3 Å². The zero-order chi connectivity index (χ0) is 31.2. The van der Waals surface area contributed by atoms with Crippen molar-refractivity contribution in [3.63, 3.8) is 0 Å². The highest BCUT2D eigenvalue weighted by Crippen LogP contribution is 2.42. The van der Waals surface area contributed by atoms with Gasteiger partial charge in [-0.25, -0.2) is 4.98 Å². The Morgan fingerprint density at radius 3 is 1.84 bits per heavy atom. The number of hydrogen-bond acceptors (Lipinski definition) is 4. The number of carbonyl (C=O) groups is 2. The van der Waals surface area contributed by atoms with Gasteiger partial charge in [0.2, 0.25) is 0 Å². The van der Waals surface area contributed by atoms with Gasteiger partial charge in [-0.1, -0.05) is 115 Å². The molecule has 0 aliphatic heterocycles. The van der Waals surface area contributed by atoms with Crippen LogP contribution in [0.15, 0.2) is 128 Å². The third kappa shape index (κ3) is 6.01. The van der Waals surface area contributed by atoms with Crippen LogP contribution in [0.5, 0.6) is 0 Å². The maximum atomic E-state index is 13.2. The van der Waals surface area contributed by atoms with Crippen LogP contribution >= 0.6 is 11.6 Å². The minimum Gasteiger partial charge on any atom is -0.469 e. The van der Waals surface area contributed by atoms with E-state index in [-0.39, 0.29) is 23.6 Å². The highest BCUT2D eigenvalue weighted by Gasteiger charge is 2.38. The standard InChI is InChI=1S/C39H35ClN2O3/c1-45-38(44)29-22-20-28(21-23-29)37(43)25-24-33-34(18-11-19-35(33)40)36-26-42(27-41-36)39(30-12-5-2-6-13-30,31-14-7-3-8-15-31)32-16-9-4-10-17-32/h2-19,24-29H,20-23H2,1H3/b25-24+. The molecule has 1 heterocycles. The Morgan fingerprint density at radius 2 is 1.31 bits per heavy atom. The lowest BCUT2D eigenvalue weighted by Gasteiger charge is -2.37. The molecule has 1 aromatic heterocycles. The molecule has 6 heteroatoms. The third-order valence-corrected chi connectivity index (χ3v) is 9.28. The number of imidazole rings is 1. The average molecular weight is 615 g/mol. The van der Waals surface area contributed by atoms with E-state index in [0.29, 0.717) is 30.7 Å². The van der Waals surface area contributed by atoms with Crippen LogP contribution in [-0.2, 0) is 19.9 Å². The predicted molar refractivity (Wildman–Crippen MR) is 179 cm³/mol. The van der Waals surface area contributed by atoms with Gasteiger partial charge in [0.05, 0.1) is 25.0 Å². The molecule has 6 rings (SSSR count). The minimum absolute atomic E-state index is 0.0472. The molecule has 0 N–H and O–H groups in total. The first kappa shape index (κ1) is 30.3. The van der Waals surface area contributed by atoms with E-state index in [1.165, 1.54) is 7.11 Å².